The molecule has 104 valence electrons. The molecule has 0 spiro atoms. The summed E-state index contributed by atoms with van der Waals surface area (Å²) in [5.41, 5.74) is 6.12. The van der Waals surface area contributed by atoms with Gasteiger partial charge in [-0.1, -0.05) is 18.5 Å². The molecule has 0 bridgehead atoms. The summed E-state index contributed by atoms with van der Waals surface area (Å²) in [6, 6.07) is 3.89. The third kappa shape index (κ3) is 2.90. The largest absolute Gasteiger partial charge is 0.334 e. The van der Waals surface area contributed by atoms with E-state index in [0.717, 1.165) is 12.8 Å². The fourth-order valence-electron chi connectivity index (χ4n) is 2.68. The van der Waals surface area contributed by atoms with Gasteiger partial charge in [0.15, 0.2) is 0 Å². The zero-order valence-corrected chi connectivity index (χ0v) is 11.7. The highest BCUT2D eigenvalue weighted by molar-refractivity contribution is 6.33. The summed E-state index contributed by atoms with van der Waals surface area (Å²) in [6.07, 6.45) is 2.03. The van der Waals surface area contributed by atoms with E-state index in [1.54, 1.807) is 4.90 Å². The van der Waals surface area contributed by atoms with Gasteiger partial charge >= 0.3 is 0 Å². The van der Waals surface area contributed by atoms with Gasteiger partial charge in [-0.3, -0.25) is 4.79 Å². The van der Waals surface area contributed by atoms with Crippen molar-refractivity contribution in [2.24, 2.45) is 11.7 Å². The van der Waals surface area contributed by atoms with Gasteiger partial charge in [0.2, 0.25) is 0 Å². The summed E-state index contributed by atoms with van der Waals surface area (Å²) in [4.78, 5) is 14.3. The molecule has 1 heterocycles. The van der Waals surface area contributed by atoms with Crippen molar-refractivity contribution in [1.82, 2.24) is 4.90 Å². The van der Waals surface area contributed by atoms with E-state index in [2.05, 4.69) is 6.92 Å². The third-order valence-corrected chi connectivity index (χ3v) is 4.09. The Bertz CT molecular complexity index is 481. The number of piperidine rings is 1. The second kappa shape index (κ2) is 5.88. The van der Waals surface area contributed by atoms with Crippen molar-refractivity contribution in [1.29, 1.82) is 0 Å². The lowest BCUT2D eigenvalue weighted by Gasteiger charge is -2.39. The maximum atomic E-state index is 13.0. The van der Waals surface area contributed by atoms with Crippen LogP contribution in [0.2, 0.25) is 5.02 Å². The quantitative estimate of drug-likeness (QED) is 0.907. The van der Waals surface area contributed by atoms with E-state index in [1.165, 1.54) is 18.2 Å². The Labute approximate surface area is 117 Å². The number of likely N-dealkylation sites (tertiary alicyclic amines) is 1. The van der Waals surface area contributed by atoms with Crippen LogP contribution >= 0.6 is 11.6 Å². The van der Waals surface area contributed by atoms with Gasteiger partial charge in [0, 0.05) is 19.1 Å². The number of nitrogens with zero attached hydrogens (tertiary/aromatic N) is 1. The molecule has 2 atom stereocenters. The number of hydrogen-bond acceptors (Lipinski definition) is 2. The van der Waals surface area contributed by atoms with Gasteiger partial charge in [-0.15, -0.1) is 0 Å². The van der Waals surface area contributed by atoms with Gasteiger partial charge < -0.3 is 10.6 Å². The average molecular weight is 285 g/mol. The van der Waals surface area contributed by atoms with E-state index in [1.807, 2.05) is 0 Å². The zero-order chi connectivity index (χ0) is 14.0. The van der Waals surface area contributed by atoms with Crippen LogP contribution in [0, 0.1) is 11.7 Å². The molecule has 1 saturated heterocycles. The second-order valence-corrected chi connectivity index (χ2v) is 5.45. The molecule has 0 aromatic heterocycles. The van der Waals surface area contributed by atoms with Crippen LogP contribution in [-0.2, 0) is 0 Å². The number of carbonyl (C=O) groups is 1. The van der Waals surface area contributed by atoms with Gasteiger partial charge in [-0.05, 0) is 37.0 Å². The average Bonchev–Trinajstić information content (AvgIpc) is 2.37. The normalized spacial score (nSPS) is 23.5. The predicted octanol–water partition coefficient (Wildman–Crippen LogP) is 2.68. The number of amides is 1. The lowest BCUT2D eigenvalue weighted by Crippen LogP contribution is -2.51. The van der Waals surface area contributed by atoms with Crippen molar-refractivity contribution in [2.45, 2.75) is 25.8 Å². The standard InChI is InChI=1S/C14H18ClFN2O/c1-9-3-2-6-18(13(9)8-17)14(19)11-5-4-10(16)7-12(11)15/h4-5,7,9,13H,2-3,6,8,17H2,1H3. The topological polar surface area (TPSA) is 46.3 Å². The molecule has 2 rings (SSSR count). The molecule has 1 aliphatic rings. The van der Waals surface area contributed by atoms with Crippen molar-refractivity contribution >= 4 is 17.5 Å². The molecule has 0 radical (unpaired) electrons. The summed E-state index contributed by atoms with van der Waals surface area (Å²) < 4.78 is 13.0. The summed E-state index contributed by atoms with van der Waals surface area (Å²) >= 11 is 5.95. The van der Waals surface area contributed by atoms with E-state index < -0.39 is 5.82 Å². The lowest BCUT2D eigenvalue weighted by molar-refractivity contribution is 0.0532. The molecule has 1 amide bonds. The molecule has 2 unspecified atom stereocenters. The molecule has 19 heavy (non-hydrogen) atoms. The molecule has 5 heteroatoms. The van der Waals surface area contributed by atoms with Crippen LogP contribution in [-0.4, -0.2) is 29.9 Å². The Balaban J connectivity index is 2.27. The molecular weight excluding hydrogens is 267 g/mol. The molecular formula is C14H18ClFN2O. The summed E-state index contributed by atoms with van der Waals surface area (Å²) in [7, 11) is 0. The summed E-state index contributed by atoms with van der Waals surface area (Å²) in [5, 5.41) is 0.152. The van der Waals surface area contributed by atoms with Crippen molar-refractivity contribution in [3.05, 3.63) is 34.6 Å². The van der Waals surface area contributed by atoms with Gasteiger partial charge in [0.05, 0.1) is 10.6 Å². The maximum Gasteiger partial charge on any atom is 0.255 e. The minimum atomic E-state index is -0.441. The molecule has 3 nitrogen and oxygen atoms in total. The Morgan fingerprint density at radius 1 is 1.58 bits per heavy atom. The molecule has 1 fully saturated rings. The van der Waals surface area contributed by atoms with Crippen molar-refractivity contribution in [3.8, 4) is 0 Å². The van der Waals surface area contributed by atoms with Crippen molar-refractivity contribution in [2.75, 3.05) is 13.1 Å². The van der Waals surface area contributed by atoms with Crippen molar-refractivity contribution in [3.63, 3.8) is 0 Å². The maximum absolute atomic E-state index is 13.0. The molecule has 1 aliphatic heterocycles. The predicted molar refractivity (Wildman–Crippen MR) is 73.7 cm³/mol. The highest BCUT2D eigenvalue weighted by Crippen LogP contribution is 2.26. The fourth-order valence-corrected chi connectivity index (χ4v) is 2.93. The van der Waals surface area contributed by atoms with Crippen LogP contribution in [0.4, 0.5) is 4.39 Å². The van der Waals surface area contributed by atoms with E-state index in [9.17, 15) is 9.18 Å². The van der Waals surface area contributed by atoms with Crippen LogP contribution < -0.4 is 5.73 Å². The zero-order valence-electron chi connectivity index (χ0n) is 10.9. The van der Waals surface area contributed by atoms with Gasteiger partial charge in [-0.2, -0.15) is 0 Å². The monoisotopic (exact) mass is 284 g/mol. The van der Waals surface area contributed by atoms with Crippen LogP contribution in [0.5, 0.6) is 0 Å². The highest BCUT2D eigenvalue weighted by atomic mass is 35.5. The van der Waals surface area contributed by atoms with Crippen molar-refractivity contribution < 1.29 is 9.18 Å². The number of rotatable bonds is 2. The Hall–Kier alpha value is -1.13. The molecule has 0 aliphatic carbocycles. The van der Waals surface area contributed by atoms with E-state index >= 15 is 0 Å². The molecule has 2 N–H and O–H groups in total. The fraction of sp³-hybridized carbons (Fsp3) is 0.500. The first-order chi connectivity index (χ1) is 9.04. The third-order valence-electron chi connectivity index (χ3n) is 3.78. The Kier molecular flexibility index (Phi) is 4.42. The number of halogens is 2. The minimum absolute atomic E-state index is 0.0300. The highest BCUT2D eigenvalue weighted by Gasteiger charge is 2.32. The minimum Gasteiger partial charge on any atom is -0.334 e. The Morgan fingerprint density at radius 2 is 2.32 bits per heavy atom. The van der Waals surface area contributed by atoms with Gasteiger partial charge in [-0.25, -0.2) is 4.39 Å². The van der Waals surface area contributed by atoms with E-state index in [-0.39, 0.29) is 17.0 Å². The van der Waals surface area contributed by atoms with E-state index in [0.29, 0.717) is 24.6 Å². The molecule has 0 saturated carbocycles. The molecule has 1 aromatic rings. The number of hydrogen-bond donors (Lipinski definition) is 1. The van der Waals surface area contributed by atoms with Gasteiger partial charge in [0.25, 0.3) is 5.91 Å². The smallest absolute Gasteiger partial charge is 0.255 e. The lowest BCUT2D eigenvalue weighted by atomic mass is 9.90. The first-order valence-corrected chi connectivity index (χ1v) is 6.88. The van der Waals surface area contributed by atoms with Crippen LogP contribution in [0.25, 0.3) is 0 Å². The summed E-state index contributed by atoms with van der Waals surface area (Å²) in [6.45, 7) is 3.22. The van der Waals surface area contributed by atoms with E-state index in [4.69, 9.17) is 17.3 Å². The number of carbonyl (C=O) groups excluding carboxylic acids is 1. The Morgan fingerprint density at radius 3 is 2.95 bits per heavy atom. The van der Waals surface area contributed by atoms with Crippen LogP contribution in [0.1, 0.15) is 30.1 Å². The van der Waals surface area contributed by atoms with Crippen LogP contribution in [0.15, 0.2) is 18.2 Å². The first-order valence-electron chi connectivity index (χ1n) is 6.50. The SMILES string of the molecule is CC1CCCN(C(=O)c2ccc(F)cc2Cl)C1CN. The van der Waals surface area contributed by atoms with Crippen LogP contribution in [0.3, 0.4) is 0 Å². The number of nitrogens with two attached hydrogens (primary N) is 1. The van der Waals surface area contributed by atoms with Gasteiger partial charge in [0.1, 0.15) is 5.82 Å². The number of benzene rings is 1. The summed E-state index contributed by atoms with van der Waals surface area (Å²) in [5.74, 6) is -0.224. The second-order valence-electron chi connectivity index (χ2n) is 5.05. The first kappa shape index (κ1) is 14.3. The molecule has 1 aromatic carbocycles.